The lowest BCUT2D eigenvalue weighted by Gasteiger charge is -2.07. The monoisotopic (exact) mass is 250 g/mol. The predicted molar refractivity (Wildman–Crippen MR) is 42.4 cm³/mol. The third-order valence-corrected chi connectivity index (χ3v) is 2.37. The van der Waals surface area contributed by atoms with Crippen molar-refractivity contribution in [3.8, 4) is 0 Å². The molecule has 0 aromatic carbocycles. The van der Waals surface area contributed by atoms with Crippen molar-refractivity contribution in [3.63, 3.8) is 0 Å². The summed E-state index contributed by atoms with van der Waals surface area (Å²) in [6.07, 6.45) is -5.27. The summed E-state index contributed by atoms with van der Waals surface area (Å²) < 4.78 is 64.0. The Morgan fingerprint density at radius 2 is 1.87 bits per heavy atom. The first-order valence-electron chi connectivity index (χ1n) is 3.67. The Bertz CT molecular complexity index is 307. The van der Waals surface area contributed by atoms with Gasteiger partial charge in [-0.3, -0.25) is 8.98 Å². The van der Waals surface area contributed by atoms with Gasteiger partial charge in [0.1, 0.15) is 0 Å². The summed E-state index contributed by atoms with van der Waals surface area (Å²) >= 11 is 0. The largest absolute Gasteiger partial charge is 0.469 e. The summed E-state index contributed by atoms with van der Waals surface area (Å²) in [5.74, 6) is -1.68. The van der Waals surface area contributed by atoms with E-state index >= 15 is 0 Å². The second-order valence-corrected chi connectivity index (χ2v) is 4.22. The molecular formula is C6H9F3O5S. The van der Waals surface area contributed by atoms with Gasteiger partial charge in [0.2, 0.25) is 0 Å². The van der Waals surface area contributed by atoms with E-state index in [9.17, 15) is 26.4 Å². The van der Waals surface area contributed by atoms with E-state index in [0.717, 1.165) is 7.11 Å². The van der Waals surface area contributed by atoms with Gasteiger partial charge in [-0.05, 0) is 0 Å². The minimum absolute atomic E-state index is 0.545. The maximum absolute atomic E-state index is 11.6. The van der Waals surface area contributed by atoms with Crippen molar-refractivity contribution in [2.75, 3.05) is 19.5 Å². The second-order valence-electron chi connectivity index (χ2n) is 2.47. The molecule has 0 saturated heterocycles. The summed E-state index contributed by atoms with van der Waals surface area (Å²) in [4.78, 5) is 10.5. The fourth-order valence-corrected chi connectivity index (χ4v) is 1.37. The molecule has 0 heterocycles. The number of esters is 1. The molecule has 0 aliphatic carbocycles. The van der Waals surface area contributed by atoms with E-state index in [1.807, 2.05) is 0 Å². The van der Waals surface area contributed by atoms with Crippen molar-refractivity contribution in [1.82, 2.24) is 0 Å². The maximum Gasteiger partial charge on any atom is 0.413 e. The van der Waals surface area contributed by atoms with Crippen molar-refractivity contribution in [2.24, 2.45) is 0 Å². The highest BCUT2D eigenvalue weighted by atomic mass is 32.2. The van der Waals surface area contributed by atoms with Gasteiger partial charge in [-0.1, -0.05) is 0 Å². The Morgan fingerprint density at radius 1 is 1.33 bits per heavy atom. The molecule has 90 valence electrons. The average molecular weight is 250 g/mol. The quantitative estimate of drug-likeness (QED) is 0.523. The third kappa shape index (κ3) is 8.18. The molecule has 0 aromatic rings. The van der Waals surface area contributed by atoms with Gasteiger partial charge in [0.15, 0.2) is 6.61 Å². The van der Waals surface area contributed by atoms with Gasteiger partial charge >= 0.3 is 12.1 Å². The number of carbonyl (C=O) groups excluding carboxylic acids is 1. The van der Waals surface area contributed by atoms with E-state index in [4.69, 9.17) is 0 Å². The third-order valence-electron chi connectivity index (χ3n) is 1.19. The van der Waals surface area contributed by atoms with Gasteiger partial charge in [0.05, 0.1) is 19.3 Å². The Hall–Kier alpha value is -0.830. The van der Waals surface area contributed by atoms with E-state index < -0.39 is 41.0 Å². The molecule has 0 rings (SSSR count). The Morgan fingerprint density at radius 3 is 2.27 bits per heavy atom. The Labute approximate surface area is 84.3 Å². The molecule has 0 fully saturated rings. The predicted octanol–water partition coefficient (Wildman–Crippen LogP) is 0.458. The van der Waals surface area contributed by atoms with Gasteiger partial charge < -0.3 is 4.74 Å². The van der Waals surface area contributed by atoms with Crippen LogP contribution >= 0.6 is 0 Å². The van der Waals surface area contributed by atoms with Crippen LogP contribution in [0.5, 0.6) is 0 Å². The molecule has 0 amide bonds. The van der Waals surface area contributed by atoms with E-state index in [2.05, 4.69) is 8.92 Å². The molecule has 5 nitrogen and oxygen atoms in total. The molecule has 0 unspecified atom stereocenters. The van der Waals surface area contributed by atoms with Gasteiger partial charge in [0.25, 0.3) is 10.1 Å². The lowest BCUT2D eigenvalue weighted by atomic mass is 10.5. The van der Waals surface area contributed by atoms with Crippen LogP contribution in [0.3, 0.4) is 0 Å². The van der Waals surface area contributed by atoms with Crippen LogP contribution in [0.15, 0.2) is 0 Å². The van der Waals surface area contributed by atoms with E-state index in [1.165, 1.54) is 0 Å². The zero-order valence-corrected chi connectivity index (χ0v) is 8.52. The van der Waals surface area contributed by atoms with Gasteiger partial charge in [0, 0.05) is 0 Å². The zero-order chi connectivity index (χ0) is 12.1. The molecule has 0 spiro atoms. The lowest BCUT2D eigenvalue weighted by molar-refractivity contribution is -0.152. The number of rotatable bonds is 5. The SMILES string of the molecule is COC(=O)CCS(=O)(=O)OCC(F)(F)F. The molecular weight excluding hydrogens is 241 g/mol. The molecule has 0 aromatic heterocycles. The highest BCUT2D eigenvalue weighted by Crippen LogP contribution is 2.16. The van der Waals surface area contributed by atoms with Crippen molar-refractivity contribution in [3.05, 3.63) is 0 Å². The molecule has 15 heavy (non-hydrogen) atoms. The van der Waals surface area contributed by atoms with E-state index in [-0.39, 0.29) is 0 Å². The topological polar surface area (TPSA) is 69.7 Å². The van der Waals surface area contributed by atoms with Crippen LogP contribution in [0.4, 0.5) is 13.2 Å². The average Bonchev–Trinajstić information content (AvgIpc) is 2.10. The number of alkyl halides is 3. The van der Waals surface area contributed by atoms with Crippen LogP contribution in [-0.2, 0) is 23.8 Å². The van der Waals surface area contributed by atoms with Crippen molar-refractivity contribution in [1.29, 1.82) is 0 Å². The normalized spacial score (nSPS) is 12.5. The lowest BCUT2D eigenvalue weighted by Crippen LogP contribution is -2.23. The minimum Gasteiger partial charge on any atom is -0.469 e. The highest BCUT2D eigenvalue weighted by molar-refractivity contribution is 7.86. The molecule has 0 aliphatic rings. The smallest absolute Gasteiger partial charge is 0.413 e. The van der Waals surface area contributed by atoms with Crippen molar-refractivity contribution >= 4 is 16.1 Å². The molecule has 0 atom stereocenters. The van der Waals surface area contributed by atoms with Crippen LogP contribution < -0.4 is 0 Å². The first-order chi connectivity index (χ1) is 6.66. The standard InChI is InChI=1S/C6H9F3O5S/c1-13-5(10)2-3-15(11,12)14-4-6(7,8)9/h2-4H2,1H3. The molecule has 0 bridgehead atoms. The summed E-state index contributed by atoms with van der Waals surface area (Å²) in [6.45, 7) is -1.89. The molecule has 9 heteroatoms. The molecule has 0 aliphatic heterocycles. The first kappa shape index (κ1) is 14.2. The van der Waals surface area contributed by atoms with Crippen molar-refractivity contribution in [2.45, 2.75) is 12.6 Å². The number of hydrogen-bond acceptors (Lipinski definition) is 5. The van der Waals surface area contributed by atoms with Crippen molar-refractivity contribution < 1.29 is 35.3 Å². The Kier molecular flexibility index (Phi) is 5.01. The number of ether oxygens (including phenoxy) is 1. The molecule has 0 saturated carbocycles. The molecule has 0 radical (unpaired) electrons. The van der Waals surface area contributed by atoms with Gasteiger partial charge in [-0.25, -0.2) is 0 Å². The van der Waals surface area contributed by atoms with Crippen LogP contribution in [0, 0.1) is 0 Å². The molecule has 0 N–H and O–H groups in total. The van der Waals surface area contributed by atoms with E-state index in [0.29, 0.717) is 0 Å². The van der Waals surface area contributed by atoms with Gasteiger partial charge in [-0.15, -0.1) is 0 Å². The van der Waals surface area contributed by atoms with Crippen LogP contribution in [-0.4, -0.2) is 40.0 Å². The summed E-state index contributed by atoms with van der Waals surface area (Å²) in [6, 6.07) is 0. The van der Waals surface area contributed by atoms with Crippen LogP contribution in [0.25, 0.3) is 0 Å². The highest BCUT2D eigenvalue weighted by Gasteiger charge is 2.31. The van der Waals surface area contributed by atoms with Gasteiger partial charge in [-0.2, -0.15) is 21.6 Å². The second kappa shape index (κ2) is 5.31. The first-order valence-corrected chi connectivity index (χ1v) is 5.25. The summed E-state index contributed by atoms with van der Waals surface area (Å²) in [5.41, 5.74) is 0. The number of methoxy groups -OCH3 is 1. The number of carbonyl (C=O) groups is 1. The van der Waals surface area contributed by atoms with E-state index in [1.54, 1.807) is 0 Å². The maximum atomic E-state index is 11.6. The summed E-state index contributed by atoms with van der Waals surface area (Å²) in [5, 5.41) is 0. The number of halogens is 3. The summed E-state index contributed by atoms with van der Waals surface area (Å²) in [7, 11) is -3.31. The fraction of sp³-hybridized carbons (Fsp3) is 0.833. The Balaban J connectivity index is 4.04. The minimum atomic E-state index is -4.72. The number of hydrogen-bond donors (Lipinski definition) is 0. The van der Waals surface area contributed by atoms with Crippen LogP contribution in [0.2, 0.25) is 0 Å². The van der Waals surface area contributed by atoms with Crippen LogP contribution in [0.1, 0.15) is 6.42 Å². The zero-order valence-electron chi connectivity index (χ0n) is 7.70. The fourth-order valence-electron chi connectivity index (χ4n) is 0.526.